The molecule has 0 saturated carbocycles. The van der Waals surface area contributed by atoms with Crippen LogP contribution in [0.5, 0.6) is 0 Å². The number of benzene rings is 1. The smallest absolute Gasteiger partial charge is 0.293 e. The normalized spacial score (nSPS) is 12.9. The zero-order valence-corrected chi connectivity index (χ0v) is 12.9. The van der Waals surface area contributed by atoms with Crippen molar-refractivity contribution < 1.29 is 18.1 Å². The number of hydrogen-bond acceptors (Lipinski definition) is 6. The van der Waals surface area contributed by atoms with Gasteiger partial charge in [-0.25, -0.2) is 13.1 Å². The number of nitrogens with zero attached hydrogens (tertiary/aromatic N) is 1. The number of rotatable bonds is 8. The molecule has 0 aliphatic heterocycles. The predicted molar refractivity (Wildman–Crippen MR) is 78.9 cm³/mol. The van der Waals surface area contributed by atoms with Crippen molar-refractivity contribution in [1.82, 2.24) is 4.72 Å². The summed E-state index contributed by atoms with van der Waals surface area (Å²) < 4.78 is 31.6. The summed E-state index contributed by atoms with van der Waals surface area (Å²) >= 11 is 0. The number of nitro benzene ring substituents is 1. The fourth-order valence-corrected chi connectivity index (χ4v) is 3.03. The Labute approximate surface area is 123 Å². The highest BCUT2D eigenvalue weighted by atomic mass is 32.2. The van der Waals surface area contributed by atoms with Crippen LogP contribution in [0.2, 0.25) is 0 Å². The molecule has 9 heteroatoms. The first-order valence-corrected chi connectivity index (χ1v) is 7.83. The number of sulfonamides is 1. The summed E-state index contributed by atoms with van der Waals surface area (Å²) in [4.78, 5) is 10.3. The van der Waals surface area contributed by atoms with Gasteiger partial charge in [0.2, 0.25) is 10.0 Å². The maximum Gasteiger partial charge on any atom is 0.293 e. The van der Waals surface area contributed by atoms with Gasteiger partial charge in [-0.05, 0) is 26.0 Å². The molecule has 8 nitrogen and oxygen atoms in total. The molecule has 0 heterocycles. The lowest BCUT2D eigenvalue weighted by Gasteiger charge is -2.13. The highest BCUT2D eigenvalue weighted by Gasteiger charge is 2.22. The van der Waals surface area contributed by atoms with E-state index in [4.69, 9.17) is 4.74 Å². The second-order valence-corrected chi connectivity index (χ2v) is 6.16. The topological polar surface area (TPSA) is 111 Å². The van der Waals surface area contributed by atoms with E-state index in [0.29, 0.717) is 6.54 Å². The van der Waals surface area contributed by atoms with Crippen molar-refractivity contribution >= 4 is 21.4 Å². The van der Waals surface area contributed by atoms with Crippen molar-refractivity contribution in [2.75, 3.05) is 25.6 Å². The molecule has 0 radical (unpaired) electrons. The molecule has 118 valence electrons. The molecular formula is C12H19N3O5S. The summed E-state index contributed by atoms with van der Waals surface area (Å²) in [5, 5.41) is 13.9. The molecule has 1 aromatic rings. The third-order valence-corrected chi connectivity index (χ3v) is 4.20. The number of nitro groups is 1. The van der Waals surface area contributed by atoms with Gasteiger partial charge >= 0.3 is 0 Å². The number of ether oxygens (including phenoxy) is 1. The molecule has 0 aromatic heterocycles. The summed E-state index contributed by atoms with van der Waals surface area (Å²) in [6, 6.07) is 3.32. The van der Waals surface area contributed by atoms with Crippen LogP contribution in [0.3, 0.4) is 0 Å². The van der Waals surface area contributed by atoms with Crippen LogP contribution in [-0.2, 0) is 14.8 Å². The van der Waals surface area contributed by atoms with Crippen molar-refractivity contribution in [3.63, 3.8) is 0 Å². The largest absolute Gasteiger partial charge is 0.383 e. The van der Waals surface area contributed by atoms with Gasteiger partial charge < -0.3 is 10.1 Å². The molecule has 0 bridgehead atoms. The van der Waals surface area contributed by atoms with Crippen LogP contribution in [-0.4, -0.2) is 39.6 Å². The van der Waals surface area contributed by atoms with Crippen molar-refractivity contribution in [1.29, 1.82) is 0 Å². The molecule has 0 amide bonds. The fraction of sp³-hybridized carbons (Fsp3) is 0.500. The van der Waals surface area contributed by atoms with Crippen LogP contribution < -0.4 is 10.0 Å². The monoisotopic (exact) mass is 317 g/mol. The Balaban J connectivity index is 3.13. The Bertz CT molecular complexity index is 603. The first kappa shape index (κ1) is 17.3. The summed E-state index contributed by atoms with van der Waals surface area (Å²) in [6.07, 6.45) is 0. The molecule has 0 spiro atoms. The van der Waals surface area contributed by atoms with Gasteiger partial charge in [-0.3, -0.25) is 10.1 Å². The minimum Gasteiger partial charge on any atom is -0.383 e. The van der Waals surface area contributed by atoms with Gasteiger partial charge in [0, 0.05) is 25.8 Å². The molecule has 0 saturated heterocycles. The SMILES string of the molecule is CCNc1ccc(S(=O)(=O)N[C@H](C)COC)cc1[N+](=O)[O-]. The third kappa shape index (κ3) is 4.66. The van der Waals surface area contributed by atoms with Crippen molar-refractivity contribution in [2.45, 2.75) is 24.8 Å². The third-order valence-electron chi connectivity index (χ3n) is 2.62. The van der Waals surface area contributed by atoms with E-state index in [1.807, 2.05) is 0 Å². The van der Waals surface area contributed by atoms with Gasteiger partial charge in [-0.2, -0.15) is 0 Å². The highest BCUT2D eigenvalue weighted by Crippen LogP contribution is 2.27. The van der Waals surface area contributed by atoms with E-state index in [0.717, 1.165) is 6.07 Å². The van der Waals surface area contributed by atoms with E-state index < -0.39 is 21.0 Å². The van der Waals surface area contributed by atoms with Gasteiger partial charge in [-0.1, -0.05) is 0 Å². The van der Waals surface area contributed by atoms with Gasteiger partial charge in [0.15, 0.2) is 0 Å². The van der Waals surface area contributed by atoms with Crippen LogP contribution in [0.4, 0.5) is 11.4 Å². The molecule has 1 rings (SSSR count). The van der Waals surface area contributed by atoms with Crippen LogP contribution >= 0.6 is 0 Å². The van der Waals surface area contributed by atoms with E-state index in [2.05, 4.69) is 10.0 Å². The molecule has 1 atom stereocenters. The quantitative estimate of drug-likeness (QED) is 0.553. The standard InChI is InChI=1S/C12H19N3O5S/c1-4-13-11-6-5-10(7-12(11)15(16)17)21(18,19)14-9(2)8-20-3/h5-7,9,13-14H,4,8H2,1-3H3/t9-/m1/s1. The number of methoxy groups -OCH3 is 1. The van der Waals surface area contributed by atoms with E-state index in [1.54, 1.807) is 13.8 Å². The number of anilines is 1. The van der Waals surface area contributed by atoms with Crippen LogP contribution in [0, 0.1) is 10.1 Å². The van der Waals surface area contributed by atoms with E-state index in [-0.39, 0.29) is 22.9 Å². The molecule has 0 unspecified atom stereocenters. The molecule has 1 aromatic carbocycles. The Hall–Kier alpha value is -1.71. The van der Waals surface area contributed by atoms with Crippen molar-refractivity contribution in [3.8, 4) is 0 Å². The highest BCUT2D eigenvalue weighted by molar-refractivity contribution is 7.89. The number of nitrogens with one attached hydrogen (secondary N) is 2. The second kappa shape index (κ2) is 7.34. The molecular weight excluding hydrogens is 298 g/mol. The van der Waals surface area contributed by atoms with E-state index in [9.17, 15) is 18.5 Å². The Kier molecular flexibility index (Phi) is 6.06. The van der Waals surface area contributed by atoms with E-state index >= 15 is 0 Å². The minimum absolute atomic E-state index is 0.154. The first-order chi connectivity index (χ1) is 9.81. The lowest BCUT2D eigenvalue weighted by Crippen LogP contribution is -2.35. The Morgan fingerprint density at radius 2 is 2.10 bits per heavy atom. The summed E-state index contributed by atoms with van der Waals surface area (Å²) in [6.45, 7) is 4.14. The van der Waals surface area contributed by atoms with Gasteiger partial charge in [-0.15, -0.1) is 0 Å². The maximum absolute atomic E-state index is 12.2. The molecule has 0 aliphatic rings. The van der Waals surface area contributed by atoms with Crippen LogP contribution in [0.25, 0.3) is 0 Å². The van der Waals surface area contributed by atoms with Crippen molar-refractivity contribution in [3.05, 3.63) is 28.3 Å². The molecule has 21 heavy (non-hydrogen) atoms. The average molecular weight is 317 g/mol. The average Bonchev–Trinajstić information content (AvgIpc) is 2.38. The van der Waals surface area contributed by atoms with Gasteiger partial charge in [0.25, 0.3) is 5.69 Å². The Morgan fingerprint density at radius 1 is 1.43 bits per heavy atom. The molecule has 0 fully saturated rings. The second-order valence-electron chi connectivity index (χ2n) is 4.44. The van der Waals surface area contributed by atoms with Crippen molar-refractivity contribution in [2.24, 2.45) is 0 Å². The lowest BCUT2D eigenvalue weighted by atomic mass is 10.2. The minimum atomic E-state index is -3.83. The van der Waals surface area contributed by atoms with Crippen LogP contribution in [0.15, 0.2) is 23.1 Å². The van der Waals surface area contributed by atoms with Gasteiger partial charge in [0.05, 0.1) is 16.4 Å². The maximum atomic E-state index is 12.2. The molecule has 0 aliphatic carbocycles. The zero-order chi connectivity index (χ0) is 16.0. The molecule has 2 N–H and O–H groups in total. The van der Waals surface area contributed by atoms with Crippen LogP contribution in [0.1, 0.15) is 13.8 Å². The first-order valence-electron chi connectivity index (χ1n) is 6.35. The summed E-state index contributed by atoms with van der Waals surface area (Å²) in [7, 11) is -2.37. The summed E-state index contributed by atoms with van der Waals surface area (Å²) in [5.41, 5.74) is 0.00510. The summed E-state index contributed by atoms with van der Waals surface area (Å²) in [5.74, 6) is 0. The lowest BCUT2D eigenvalue weighted by molar-refractivity contribution is -0.384. The number of hydrogen-bond donors (Lipinski definition) is 2. The van der Waals surface area contributed by atoms with E-state index in [1.165, 1.54) is 19.2 Å². The fourth-order valence-electron chi connectivity index (χ4n) is 1.79. The zero-order valence-electron chi connectivity index (χ0n) is 12.1. The predicted octanol–water partition coefficient (Wildman–Crippen LogP) is 1.34. The Morgan fingerprint density at radius 3 is 2.62 bits per heavy atom. The van der Waals surface area contributed by atoms with Gasteiger partial charge in [0.1, 0.15) is 5.69 Å².